The summed E-state index contributed by atoms with van der Waals surface area (Å²) in [7, 11) is 1.66. The largest absolute Gasteiger partial charge is 0.497 e. The average Bonchev–Trinajstić information content (AvgIpc) is 2.87. The Morgan fingerprint density at radius 1 is 1.37 bits per heavy atom. The number of likely N-dealkylation sites (N-methyl/N-ethyl adjacent to an activating group) is 1. The van der Waals surface area contributed by atoms with Gasteiger partial charge < -0.3 is 14.6 Å². The maximum absolute atomic E-state index is 5.21. The molecule has 5 heteroatoms. The first-order valence-electron chi connectivity index (χ1n) is 6.47. The summed E-state index contributed by atoms with van der Waals surface area (Å²) in [5, 5.41) is 7.22. The van der Waals surface area contributed by atoms with E-state index in [1.807, 2.05) is 24.3 Å². The summed E-state index contributed by atoms with van der Waals surface area (Å²) in [6.45, 7) is 3.88. The molecule has 0 unspecified atom stereocenters. The minimum atomic E-state index is 0.655. The van der Waals surface area contributed by atoms with Crippen molar-refractivity contribution in [3.05, 3.63) is 41.5 Å². The van der Waals surface area contributed by atoms with Crippen molar-refractivity contribution in [2.75, 3.05) is 20.2 Å². The lowest BCUT2D eigenvalue weighted by Crippen LogP contribution is -2.16. The van der Waals surface area contributed by atoms with E-state index in [-0.39, 0.29) is 0 Å². The first-order valence-corrected chi connectivity index (χ1v) is 6.47. The summed E-state index contributed by atoms with van der Waals surface area (Å²) in [5.41, 5.74) is 1.11. The number of benzene rings is 1. The van der Waals surface area contributed by atoms with Crippen LogP contribution in [0.2, 0.25) is 0 Å². The standard InChI is InChI=1S/C14H19N3O2/c1-3-15-8-7-14-16-13(17-19-14)10-11-5-4-6-12(9-11)18-2/h4-6,9,15H,3,7-8,10H2,1-2H3. The second-order valence-electron chi connectivity index (χ2n) is 4.24. The summed E-state index contributed by atoms with van der Waals surface area (Å²) >= 11 is 0. The maximum Gasteiger partial charge on any atom is 0.227 e. The number of hydrogen-bond donors (Lipinski definition) is 1. The van der Waals surface area contributed by atoms with Gasteiger partial charge in [-0.05, 0) is 24.2 Å². The number of ether oxygens (including phenoxy) is 1. The second kappa shape index (κ2) is 6.89. The van der Waals surface area contributed by atoms with Crippen molar-refractivity contribution in [1.29, 1.82) is 0 Å². The van der Waals surface area contributed by atoms with E-state index in [0.29, 0.717) is 18.1 Å². The van der Waals surface area contributed by atoms with Crippen LogP contribution in [0, 0.1) is 0 Å². The molecule has 2 rings (SSSR count). The Hall–Kier alpha value is -1.88. The van der Waals surface area contributed by atoms with Crippen LogP contribution >= 0.6 is 0 Å². The summed E-state index contributed by atoms with van der Waals surface area (Å²) in [4.78, 5) is 4.37. The summed E-state index contributed by atoms with van der Waals surface area (Å²) in [5.74, 6) is 2.23. The predicted molar refractivity (Wildman–Crippen MR) is 72.3 cm³/mol. The third-order valence-electron chi connectivity index (χ3n) is 2.77. The Bertz CT molecular complexity index is 511. The van der Waals surface area contributed by atoms with Crippen molar-refractivity contribution in [2.45, 2.75) is 19.8 Å². The van der Waals surface area contributed by atoms with Crippen LogP contribution in [-0.4, -0.2) is 30.3 Å². The van der Waals surface area contributed by atoms with E-state index in [0.717, 1.165) is 30.8 Å². The zero-order valence-electron chi connectivity index (χ0n) is 11.3. The van der Waals surface area contributed by atoms with Gasteiger partial charge in [-0.2, -0.15) is 4.98 Å². The fourth-order valence-electron chi connectivity index (χ4n) is 1.80. The highest BCUT2D eigenvalue weighted by Gasteiger charge is 2.07. The molecule has 0 bridgehead atoms. The topological polar surface area (TPSA) is 60.2 Å². The molecule has 0 spiro atoms. The third kappa shape index (κ3) is 4.06. The van der Waals surface area contributed by atoms with Gasteiger partial charge in [0.15, 0.2) is 5.82 Å². The number of hydrogen-bond acceptors (Lipinski definition) is 5. The molecule has 0 aliphatic heterocycles. The fraction of sp³-hybridized carbons (Fsp3) is 0.429. The molecule has 0 aliphatic rings. The van der Waals surface area contributed by atoms with Gasteiger partial charge in [0, 0.05) is 19.4 Å². The molecule has 1 aromatic heterocycles. The fourth-order valence-corrected chi connectivity index (χ4v) is 1.80. The molecule has 5 nitrogen and oxygen atoms in total. The SMILES string of the molecule is CCNCCc1nc(Cc2cccc(OC)c2)no1. The molecule has 0 saturated carbocycles. The van der Waals surface area contributed by atoms with E-state index in [1.54, 1.807) is 7.11 Å². The third-order valence-corrected chi connectivity index (χ3v) is 2.77. The highest BCUT2D eigenvalue weighted by Crippen LogP contribution is 2.15. The minimum Gasteiger partial charge on any atom is -0.497 e. The molecule has 1 aromatic carbocycles. The molecular formula is C14H19N3O2. The Balaban J connectivity index is 1.95. The van der Waals surface area contributed by atoms with Crippen LogP contribution in [0.25, 0.3) is 0 Å². The molecule has 2 aromatic rings. The zero-order chi connectivity index (χ0) is 13.5. The maximum atomic E-state index is 5.21. The highest BCUT2D eigenvalue weighted by molar-refractivity contribution is 5.30. The van der Waals surface area contributed by atoms with Gasteiger partial charge in [-0.25, -0.2) is 0 Å². The van der Waals surface area contributed by atoms with Gasteiger partial charge in [0.05, 0.1) is 7.11 Å². The van der Waals surface area contributed by atoms with Gasteiger partial charge in [0.25, 0.3) is 0 Å². The van der Waals surface area contributed by atoms with Crippen molar-refractivity contribution in [1.82, 2.24) is 15.5 Å². The molecule has 19 heavy (non-hydrogen) atoms. The lowest BCUT2D eigenvalue weighted by molar-refractivity contribution is 0.372. The lowest BCUT2D eigenvalue weighted by Gasteiger charge is -2.01. The first-order chi connectivity index (χ1) is 9.31. The minimum absolute atomic E-state index is 0.655. The number of nitrogens with one attached hydrogen (secondary N) is 1. The number of rotatable bonds is 7. The number of aromatic nitrogens is 2. The van der Waals surface area contributed by atoms with Crippen LogP contribution in [-0.2, 0) is 12.8 Å². The van der Waals surface area contributed by atoms with Crippen LogP contribution in [0.15, 0.2) is 28.8 Å². The predicted octanol–water partition coefficient (Wildman–Crippen LogP) is 1.82. The lowest BCUT2D eigenvalue weighted by atomic mass is 10.1. The van der Waals surface area contributed by atoms with Gasteiger partial charge in [-0.15, -0.1) is 0 Å². The van der Waals surface area contributed by atoms with Crippen LogP contribution in [0.3, 0.4) is 0 Å². The molecule has 0 radical (unpaired) electrons. The van der Waals surface area contributed by atoms with E-state index in [1.165, 1.54) is 0 Å². The summed E-state index contributed by atoms with van der Waals surface area (Å²) in [6.07, 6.45) is 1.42. The molecule has 0 atom stereocenters. The molecule has 1 heterocycles. The first kappa shape index (κ1) is 13.5. The van der Waals surface area contributed by atoms with Crippen LogP contribution in [0.4, 0.5) is 0 Å². The van der Waals surface area contributed by atoms with E-state index in [4.69, 9.17) is 9.26 Å². The van der Waals surface area contributed by atoms with Crippen LogP contribution in [0.5, 0.6) is 5.75 Å². The van der Waals surface area contributed by atoms with Crippen molar-refractivity contribution < 1.29 is 9.26 Å². The molecule has 0 aliphatic carbocycles. The molecule has 1 N–H and O–H groups in total. The quantitative estimate of drug-likeness (QED) is 0.770. The highest BCUT2D eigenvalue weighted by atomic mass is 16.5. The van der Waals surface area contributed by atoms with E-state index in [2.05, 4.69) is 22.4 Å². The van der Waals surface area contributed by atoms with Gasteiger partial charge >= 0.3 is 0 Å². The van der Waals surface area contributed by atoms with Crippen molar-refractivity contribution in [3.63, 3.8) is 0 Å². The molecule has 0 saturated heterocycles. The van der Waals surface area contributed by atoms with Crippen molar-refractivity contribution in [3.8, 4) is 5.75 Å². The van der Waals surface area contributed by atoms with E-state index in [9.17, 15) is 0 Å². The zero-order valence-corrected chi connectivity index (χ0v) is 11.3. The average molecular weight is 261 g/mol. The number of nitrogens with zero attached hydrogens (tertiary/aromatic N) is 2. The monoisotopic (exact) mass is 261 g/mol. The van der Waals surface area contributed by atoms with Gasteiger partial charge in [0.2, 0.25) is 5.89 Å². The van der Waals surface area contributed by atoms with Crippen LogP contribution in [0.1, 0.15) is 24.2 Å². The molecule has 0 fully saturated rings. The summed E-state index contributed by atoms with van der Waals surface area (Å²) < 4.78 is 10.4. The number of methoxy groups -OCH3 is 1. The summed E-state index contributed by atoms with van der Waals surface area (Å²) in [6, 6.07) is 7.88. The van der Waals surface area contributed by atoms with Crippen molar-refractivity contribution in [2.24, 2.45) is 0 Å². The molecule has 102 valence electrons. The Morgan fingerprint density at radius 3 is 3.05 bits per heavy atom. The van der Waals surface area contributed by atoms with E-state index < -0.39 is 0 Å². The van der Waals surface area contributed by atoms with Gasteiger partial charge in [-0.1, -0.05) is 24.2 Å². The van der Waals surface area contributed by atoms with Crippen LogP contribution < -0.4 is 10.1 Å². The normalized spacial score (nSPS) is 10.6. The van der Waals surface area contributed by atoms with Gasteiger partial charge in [0.1, 0.15) is 5.75 Å². The Labute approximate surface area is 113 Å². The Kier molecular flexibility index (Phi) is 4.92. The molecule has 0 amide bonds. The van der Waals surface area contributed by atoms with Crippen molar-refractivity contribution >= 4 is 0 Å². The van der Waals surface area contributed by atoms with E-state index >= 15 is 0 Å². The smallest absolute Gasteiger partial charge is 0.227 e. The molecular weight excluding hydrogens is 242 g/mol. The second-order valence-corrected chi connectivity index (χ2v) is 4.24. The van der Waals surface area contributed by atoms with Gasteiger partial charge in [-0.3, -0.25) is 0 Å². The Morgan fingerprint density at radius 2 is 2.26 bits per heavy atom.